The molecule has 0 aliphatic heterocycles. The molecule has 248 valence electrons. The van der Waals surface area contributed by atoms with Gasteiger partial charge in [0.25, 0.3) is 0 Å². The van der Waals surface area contributed by atoms with Crippen molar-refractivity contribution in [3.05, 3.63) is 194 Å². The van der Waals surface area contributed by atoms with Crippen LogP contribution in [-0.4, -0.2) is 19.4 Å². The van der Waals surface area contributed by atoms with Crippen molar-refractivity contribution >= 4 is 27.5 Å². The molecule has 0 saturated carbocycles. The van der Waals surface area contributed by atoms with E-state index in [4.69, 9.17) is 15.0 Å². The Hall–Kier alpha value is -7.17. The van der Waals surface area contributed by atoms with Gasteiger partial charge in [-0.15, -0.1) is 0 Å². The Balaban J connectivity index is 1.07. The van der Waals surface area contributed by atoms with E-state index < -0.39 is 0 Å². The van der Waals surface area contributed by atoms with Gasteiger partial charge in [0.2, 0.25) is 0 Å². The fourth-order valence-corrected chi connectivity index (χ4v) is 7.30. The van der Waals surface area contributed by atoms with E-state index in [2.05, 4.69) is 180 Å². The minimum Gasteiger partial charge on any atom is -0.306 e. The minimum absolute atomic E-state index is 0.674. The van der Waals surface area contributed by atoms with Crippen molar-refractivity contribution < 1.29 is 0 Å². The lowest BCUT2D eigenvalue weighted by molar-refractivity contribution is 1.18. The highest BCUT2D eigenvalue weighted by atomic mass is 14.9. The molecule has 0 fully saturated rings. The van der Waals surface area contributed by atoms with Crippen LogP contribution in [0, 0.1) is 0 Å². The van der Waals surface area contributed by atoms with Crippen LogP contribution in [0.25, 0.3) is 94.9 Å². The van der Waals surface area contributed by atoms with Crippen molar-refractivity contribution in [1.82, 2.24) is 19.4 Å². The quantitative estimate of drug-likeness (QED) is 0.176. The van der Waals surface area contributed by atoms with Gasteiger partial charge in [-0.1, -0.05) is 164 Å². The molecule has 0 aliphatic rings. The molecule has 4 heteroatoms. The first-order valence-corrected chi connectivity index (χ1v) is 17.9. The highest BCUT2D eigenvalue weighted by Gasteiger charge is 2.16. The Labute approximate surface area is 307 Å². The average Bonchev–Trinajstić information content (AvgIpc) is 3.64. The van der Waals surface area contributed by atoms with Crippen LogP contribution in [0.5, 0.6) is 0 Å². The number of rotatable bonds is 6. The third-order valence-electron chi connectivity index (χ3n) is 10.0. The Bertz CT molecular complexity index is 2790. The molecule has 0 saturated heterocycles. The molecule has 3 aromatic heterocycles. The summed E-state index contributed by atoms with van der Waals surface area (Å²) >= 11 is 0. The highest BCUT2D eigenvalue weighted by Crippen LogP contribution is 2.34. The lowest BCUT2D eigenvalue weighted by Gasteiger charge is -2.12. The fraction of sp³-hybridized carbons (Fsp3) is 0. The van der Waals surface area contributed by atoms with Crippen molar-refractivity contribution in [3.63, 3.8) is 0 Å². The summed E-state index contributed by atoms with van der Waals surface area (Å²) in [6, 6.07) is 67.9. The van der Waals surface area contributed by atoms with Crippen molar-refractivity contribution in [2.24, 2.45) is 0 Å². The van der Waals surface area contributed by atoms with Gasteiger partial charge in [0.05, 0.1) is 39.1 Å². The SMILES string of the molecule is c1ccc(-c2ccc(-c3cc(-c4ccc(-c5ccccc5)cc4)nc(-c4ccc(-c5nc6ccccc6n6c5cc5ccccc56)cc4)n3)cc2)cc1. The summed E-state index contributed by atoms with van der Waals surface area (Å²) in [5, 5.41) is 1.19. The monoisotopic (exact) mass is 676 g/mol. The van der Waals surface area contributed by atoms with Gasteiger partial charge in [-0.05, 0) is 52.6 Å². The van der Waals surface area contributed by atoms with Gasteiger partial charge in [0.1, 0.15) is 0 Å². The van der Waals surface area contributed by atoms with Crippen molar-refractivity contribution in [3.8, 4) is 67.4 Å². The van der Waals surface area contributed by atoms with Gasteiger partial charge in [-0.25, -0.2) is 15.0 Å². The summed E-state index contributed by atoms with van der Waals surface area (Å²) < 4.78 is 2.33. The van der Waals surface area contributed by atoms with E-state index in [1.807, 2.05) is 18.2 Å². The van der Waals surface area contributed by atoms with E-state index in [0.717, 1.165) is 55.9 Å². The van der Waals surface area contributed by atoms with E-state index in [1.165, 1.54) is 33.2 Å². The van der Waals surface area contributed by atoms with E-state index in [-0.39, 0.29) is 0 Å². The zero-order chi connectivity index (χ0) is 35.1. The summed E-state index contributed by atoms with van der Waals surface area (Å²) in [6.07, 6.45) is 0. The van der Waals surface area contributed by atoms with E-state index in [0.29, 0.717) is 5.82 Å². The number of nitrogens with zero attached hydrogens (tertiary/aromatic N) is 4. The number of benzene rings is 7. The van der Waals surface area contributed by atoms with Crippen molar-refractivity contribution in [2.45, 2.75) is 0 Å². The second-order valence-electron chi connectivity index (χ2n) is 13.3. The first kappa shape index (κ1) is 30.6. The first-order chi connectivity index (χ1) is 26.2. The highest BCUT2D eigenvalue weighted by molar-refractivity contribution is 5.98. The fourth-order valence-electron chi connectivity index (χ4n) is 7.30. The maximum absolute atomic E-state index is 5.18. The smallest absolute Gasteiger partial charge is 0.160 e. The zero-order valence-corrected chi connectivity index (χ0v) is 28.8. The largest absolute Gasteiger partial charge is 0.306 e. The molecule has 3 heterocycles. The summed E-state index contributed by atoms with van der Waals surface area (Å²) in [4.78, 5) is 15.5. The molecule has 53 heavy (non-hydrogen) atoms. The van der Waals surface area contributed by atoms with Gasteiger partial charge in [0.15, 0.2) is 5.82 Å². The van der Waals surface area contributed by atoms with Crippen LogP contribution >= 0.6 is 0 Å². The number of hydrogen-bond donors (Lipinski definition) is 0. The first-order valence-electron chi connectivity index (χ1n) is 17.9. The van der Waals surface area contributed by atoms with Crippen LogP contribution in [0.4, 0.5) is 0 Å². The van der Waals surface area contributed by atoms with E-state index >= 15 is 0 Å². The average molecular weight is 677 g/mol. The molecular weight excluding hydrogens is 645 g/mol. The number of fused-ring (bicyclic) bond motifs is 5. The molecule has 10 rings (SSSR count). The number of para-hydroxylation sites is 3. The third-order valence-corrected chi connectivity index (χ3v) is 10.0. The van der Waals surface area contributed by atoms with Gasteiger partial charge >= 0.3 is 0 Å². The normalized spacial score (nSPS) is 11.4. The Morgan fingerprint density at radius 1 is 0.302 bits per heavy atom. The lowest BCUT2D eigenvalue weighted by atomic mass is 10.0. The second kappa shape index (κ2) is 12.9. The molecule has 0 unspecified atom stereocenters. The van der Waals surface area contributed by atoms with Crippen molar-refractivity contribution in [2.75, 3.05) is 0 Å². The Morgan fingerprint density at radius 3 is 1.36 bits per heavy atom. The van der Waals surface area contributed by atoms with Gasteiger partial charge in [-0.2, -0.15) is 0 Å². The molecule has 0 radical (unpaired) electrons. The maximum Gasteiger partial charge on any atom is 0.160 e. The summed E-state index contributed by atoms with van der Waals surface area (Å²) in [5.74, 6) is 0.674. The molecule has 0 spiro atoms. The summed E-state index contributed by atoms with van der Waals surface area (Å²) in [6.45, 7) is 0. The van der Waals surface area contributed by atoms with Crippen molar-refractivity contribution in [1.29, 1.82) is 0 Å². The van der Waals surface area contributed by atoms with Crippen LogP contribution in [0.3, 0.4) is 0 Å². The summed E-state index contributed by atoms with van der Waals surface area (Å²) in [7, 11) is 0. The molecule has 0 bridgehead atoms. The lowest BCUT2D eigenvalue weighted by Crippen LogP contribution is -1.97. The third kappa shape index (κ3) is 5.63. The minimum atomic E-state index is 0.674. The molecule has 0 N–H and O–H groups in total. The van der Waals surface area contributed by atoms with Gasteiger partial charge in [0, 0.05) is 27.6 Å². The van der Waals surface area contributed by atoms with Crippen LogP contribution in [0.1, 0.15) is 0 Å². The molecule has 0 amide bonds. The molecule has 7 aromatic carbocycles. The van der Waals surface area contributed by atoms with Crippen LogP contribution in [0.2, 0.25) is 0 Å². The molecule has 10 aromatic rings. The van der Waals surface area contributed by atoms with Crippen LogP contribution in [-0.2, 0) is 0 Å². The van der Waals surface area contributed by atoms with Crippen LogP contribution < -0.4 is 0 Å². The van der Waals surface area contributed by atoms with E-state index in [9.17, 15) is 0 Å². The molecule has 0 aliphatic carbocycles. The zero-order valence-electron chi connectivity index (χ0n) is 28.8. The maximum atomic E-state index is 5.18. The standard InChI is InChI=1S/C49H32N4/c1-3-11-33(12-4-1)35-19-23-37(24-20-35)43-32-44(38-25-21-36(22-26-38)34-13-5-2-6-14-34)52-49(51-43)40-29-27-39(28-30-40)48-47-31-41-15-7-9-17-45(41)53(47)46-18-10-8-16-42(46)50-48/h1-32H. The Kier molecular flexibility index (Phi) is 7.43. The number of aromatic nitrogens is 4. The second-order valence-corrected chi connectivity index (χ2v) is 13.3. The number of hydrogen-bond acceptors (Lipinski definition) is 3. The molecule has 0 atom stereocenters. The van der Waals surface area contributed by atoms with Crippen LogP contribution in [0.15, 0.2) is 194 Å². The summed E-state index contributed by atoms with van der Waals surface area (Å²) in [5.41, 5.74) is 15.8. The topological polar surface area (TPSA) is 43.1 Å². The predicted octanol–water partition coefficient (Wildman–Crippen LogP) is 12.4. The van der Waals surface area contributed by atoms with Gasteiger partial charge in [-0.3, -0.25) is 0 Å². The molecular formula is C49H32N4. The predicted molar refractivity (Wildman–Crippen MR) is 218 cm³/mol. The molecule has 4 nitrogen and oxygen atoms in total. The Morgan fingerprint density at radius 2 is 0.755 bits per heavy atom. The van der Waals surface area contributed by atoms with E-state index in [1.54, 1.807) is 0 Å². The van der Waals surface area contributed by atoms with Gasteiger partial charge < -0.3 is 4.40 Å².